The zero-order valence-corrected chi connectivity index (χ0v) is 16.2. The van der Waals surface area contributed by atoms with Gasteiger partial charge in [0, 0.05) is 13.1 Å². The molecule has 0 spiro atoms. The van der Waals surface area contributed by atoms with E-state index in [0.717, 1.165) is 12.0 Å². The van der Waals surface area contributed by atoms with Crippen molar-refractivity contribution >= 4 is 18.0 Å². The minimum Gasteiger partial charge on any atom is -0.466 e. The second kappa shape index (κ2) is 9.30. The summed E-state index contributed by atoms with van der Waals surface area (Å²) >= 11 is 0. The number of esters is 1. The molecule has 1 fully saturated rings. The summed E-state index contributed by atoms with van der Waals surface area (Å²) in [5.74, 6) is -0.295. The van der Waals surface area contributed by atoms with Gasteiger partial charge in [-0.3, -0.25) is 9.59 Å². The number of hydrogen-bond acceptors (Lipinski definition) is 5. The molecule has 7 heteroatoms. The minimum absolute atomic E-state index is 0.0640. The van der Waals surface area contributed by atoms with Gasteiger partial charge in [-0.05, 0) is 31.7 Å². The highest BCUT2D eigenvalue weighted by molar-refractivity contribution is 5.81. The predicted octanol–water partition coefficient (Wildman–Crippen LogP) is 2.55. The molecule has 1 aliphatic rings. The van der Waals surface area contributed by atoms with Crippen molar-refractivity contribution in [2.24, 2.45) is 5.41 Å². The van der Waals surface area contributed by atoms with Crippen LogP contribution in [-0.2, 0) is 20.9 Å². The van der Waals surface area contributed by atoms with Crippen LogP contribution in [0, 0.1) is 5.41 Å². The third-order valence-corrected chi connectivity index (χ3v) is 5.02. The topological polar surface area (TPSA) is 77.3 Å². The van der Waals surface area contributed by atoms with Crippen molar-refractivity contribution in [2.75, 3.05) is 19.7 Å². The molecule has 0 N–H and O–H groups in total. The number of likely N-dealkylation sites (tertiary alicyclic amines) is 1. The summed E-state index contributed by atoms with van der Waals surface area (Å²) in [5.41, 5.74) is 0.369. The van der Waals surface area contributed by atoms with Gasteiger partial charge < -0.3 is 9.64 Å². The number of amides is 1. The number of piperidine rings is 1. The molecule has 2 heterocycles. The molecule has 28 heavy (non-hydrogen) atoms. The highest BCUT2D eigenvalue weighted by Crippen LogP contribution is 2.36. The lowest BCUT2D eigenvalue weighted by atomic mass is 9.76. The van der Waals surface area contributed by atoms with E-state index in [1.165, 1.54) is 17.3 Å². The Balaban J connectivity index is 1.73. The first-order chi connectivity index (χ1) is 13.6. The van der Waals surface area contributed by atoms with E-state index in [0.29, 0.717) is 32.5 Å². The molecule has 148 valence electrons. The number of carbonyl (C=O) groups excluding carboxylic acids is 2. The van der Waals surface area contributed by atoms with Gasteiger partial charge in [-0.25, -0.2) is 9.67 Å². The number of rotatable bonds is 7. The first kappa shape index (κ1) is 19.8. The first-order valence-electron chi connectivity index (χ1n) is 9.62. The monoisotopic (exact) mass is 382 g/mol. The van der Waals surface area contributed by atoms with Gasteiger partial charge in [-0.15, -0.1) is 0 Å². The van der Waals surface area contributed by atoms with E-state index in [9.17, 15) is 9.59 Å². The zero-order valence-electron chi connectivity index (χ0n) is 16.2. The van der Waals surface area contributed by atoms with Crippen LogP contribution in [0.1, 0.15) is 31.7 Å². The lowest BCUT2D eigenvalue weighted by Gasteiger charge is -2.40. The molecule has 1 atom stereocenters. The normalized spacial score (nSPS) is 19.7. The van der Waals surface area contributed by atoms with Crippen molar-refractivity contribution in [3.63, 3.8) is 0 Å². The number of ether oxygens (including phenoxy) is 1. The van der Waals surface area contributed by atoms with Gasteiger partial charge in [0.2, 0.25) is 5.91 Å². The van der Waals surface area contributed by atoms with E-state index >= 15 is 0 Å². The van der Waals surface area contributed by atoms with Crippen LogP contribution in [-0.4, -0.2) is 51.2 Å². The number of carbonyl (C=O) groups is 2. The molecule has 1 amide bonds. The molecule has 0 aliphatic carbocycles. The summed E-state index contributed by atoms with van der Waals surface area (Å²) in [4.78, 5) is 31.1. The van der Waals surface area contributed by atoms with Crippen molar-refractivity contribution in [1.29, 1.82) is 0 Å². The van der Waals surface area contributed by atoms with E-state index in [4.69, 9.17) is 4.74 Å². The Morgan fingerprint density at radius 3 is 2.82 bits per heavy atom. The predicted molar refractivity (Wildman–Crippen MR) is 105 cm³/mol. The van der Waals surface area contributed by atoms with E-state index in [1.54, 1.807) is 4.90 Å². The van der Waals surface area contributed by atoms with Crippen molar-refractivity contribution in [2.45, 2.75) is 32.7 Å². The van der Waals surface area contributed by atoms with Gasteiger partial charge in [-0.2, -0.15) is 5.10 Å². The van der Waals surface area contributed by atoms with Gasteiger partial charge in [0.25, 0.3) is 0 Å². The fourth-order valence-corrected chi connectivity index (χ4v) is 3.58. The third-order valence-electron chi connectivity index (χ3n) is 5.02. The number of benzene rings is 1. The van der Waals surface area contributed by atoms with E-state index < -0.39 is 5.41 Å². The number of hydrogen-bond donors (Lipinski definition) is 0. The summed E-state index contributed by atoms with van der Waals surface area (Å²) in [6, 6.07) is 9.96. The van der Waals surface area contributed by atoms with E-state index in [2.05, 4.69) is 10.1 Å². The molecule has 0 saturated carbocycles. The van der Waals surface area contributed by atoms with Crippen LogP contribution in [0.15, 0.2) is 49.1 Å². The Morgan fingerprint density at radius 1 is 1.29 bits per heavy atom. The first-order valence-corrected chi connectivity index (χ1v) is 9.62. The lowest BCUT2D eigenvalue weighted by Crippen LogP contribution is -2.51. The maximum Gasteiger partial charge on any atom is 0.314 e. The van der Waals surface area contributed by atoms with Crippen LogP contribution in [0.3, 0.4) is 0 Å². The molecular formula is C21H26N4O3. The minimum atomic E-state index is -0.711. The van der Waals surface area contributed by atoms with Gasteiger partial charge in [0.1, 0.15) is 19.2 Å². The Morgan fingerprint density at radius 2 is 2.11 bits per heavy atom. The van der Waals surface area contributed by atoms with Crippen molar-refractivity contribution in [3.05, 3.63) is 54.6 Å². The average molecular weight is 382 g/mol. The van der Waals surface area contributed by atoms with Crippen LogP contribution < -0.4 is 0 Å². The highest BCUT2D eigenvalue weighted by atomic mass is 16.5. The average Bonchev–Trinajstić information content (AvgIpc) is 3.22. The van der Waals surface area contributed by atoms with Crippen LogP contribution in [0.25, 0.3) is 6.08 Å². The standard InChI is InChI=1S/C21H26N4O3/c1-2-28-20(27)21(11-6-10-18-8-4-3-5-9-18)12-7-13-24(15-21)19(26)14-25-17-22-16-23-25/h3-6,8-10,16-17H,2,7,11-15H2,1H3/b10-6+. The second-order valence-corrected chi connectivity index (χ2v) is 7.03. The number of allylic oxidation sites excluding steroid dienone is 1. The maximum absolute atomic E-state index is 12.8. The van der Waals surface area contributed by atoms with Crippen molar-refractivity contribution in [1.82, 2.24) is 19.7 Å². The fourth-order valence-electron chi connectivity index (χ4n) is 3.58. The fraction of sp³-hybridized carbons (Fsp3) is 0.429. The van der Waals surface area contributed by atoms with Crippen molar-refractivity contribution < 1.29 is 14.3 Å². The molecule has 1 aliphatic heterocycles. The number of nitrogens with zero attached hydrogens (tertiary/aromatic N) is 4. The molecule has 0 bridgehead atoms. The summed E-state index contributed by atoms with van der Waals surface area (Å²) in [5, 5.41) is 3.99. The molecule has 0 radical (unpaired) electrons. The molecule has 3 rings (SSSR count). The van der Waals surface area contributed by atoms with Gasteiger partial charge in [-0.1, -0.05) is 42.5 Å². The molecule has 1 saturated heterocycles. The molecule has 1 aromatic carbocycles. The van der Waals surface area contributed by atoms with E-state index in [1.807, 2.05) is 49.4 Å². The molecule has 2 aromatic rings. The Hall–Kier alpha value is -2.96. The van der Waals surface area contributed by atoms with Crippen LogP contribution in [0.2, 0.25) is 0 Å². The quantitative estimate of drug-likeness (QED) is 0.688. The molecule has 7 nitrogen and oxygen atoms in total. The highest BCUT2D eigenvalue weighted by Gasteiger charge is 2.43. The SMILES string of the molecule is CCOC(=O)C1(C/C=C/c2ccccc2)CCCN(C(=O)Cn2cncn2)C1. The van der Waals surface area contributed by atoms with E-state index in [-0.39, 0.29) is 18.4 Å². The van der Waals surface area contributed by atoms with Gasteiger partial charge in [0.15, 0.2) is 0 Å². The maximum atomic E-state index is 12.8. The van der Waals surface area contributed by atoms with Crippen molar-refractivity contribution in [3.8, 4) is 0 Å². The summed E-state index contributed by atoms with van der Waals surface area (Å²) in [6.45, 7) is 3.26. The Bertz CT molecular complexity index is 804. The summed E-state index contributed by atoms with van der Waals surface area (Å²) in [6.07, 6.45) is 8.95. The summed E-state index contributed by atoms with van der Waals surface area (Å²) < 4.78 is 6.88. The molecular weight excluding hydrogens is 356 g/mol. The smallest absolute Gasteiger partial charge is 0.314 e. The Kier molecular flexibility index (Phi) is 6.57. The third kappa shape index (κ3) is 4.85. The van der Waals surface area contributed by atoms with Crippen LogP contribution in [0.5, 0.6) is 0 Å². The Labute approximate surface area is 165 Å². The zero-order chi connectivity index (χ0) is 19.8. The van der Waals surface area contributed by atoms with Crippen LogP contribution in [0.4, 0.5) is 0 Å². The van der Waals surface area contributed by atoms with Crippen LogP contribution >= 0.6 is 0 Å². The lowest BCUT2D eigenvalue weighted by molar-refractivity contribution is -0.160. The largest absolute Gasteiger partial charge is 0.466 e. The second-order valence-electron chi connectivity index (χ2n) is 7.03. The van der Waals surface area contributed by atoms with Gasteiger partial charge >= 0.3 is 5.97 Å². The number of aromatic nitrogens is 3. The molecule has 1 aromatic heterocycles. The summed E-state index contributed by atoms with van der Waals surface area (Å²) in [7, 11) is 0. The molecule has 1 unspecified atom stereocenters. The van der Waals surface area contributed by atoms with Gasteiger partial charge in [0.05, 0.1) is 12.0 Å².